The van der Waals surface area contributed by atoms with Crippen LogP contribution in [0.15, 0.2) is 18.5 Å². The van der Waals surface area contributed by atoms with Crippen LogP contribution in [0.4, 0.5) is 8.78 Å². The maximum Gasteiger partial charge on any atom is 0.160 e. The van der Waals surface area contributed by atoms with Crippen LogP contribution in [-0.2, 0) is 0 Å². The topological polar surface area (TPSA) is 25.8 Å². The highest BCUT2D eigenvalue weighted by atomic mass is 35.5. The Morgan fingerprint density at radius 1 is 1.12 bits per heavy atom. The van der Waals surface area contributed by atoms with Gasteiger partial charge in [-0.1, -0.05) is 11.6 Å². The fourth-order valence-corrected chi connectivity index (χ4v) is 2.84. The van der Waals surface area contributed by atoms with Crippen LogP contribution in [0.5, 0.6) is 0 Å². The first-order chi connectivity index (χ1) is 7.66. The Bertz CT molecular complexity index is 711. The Morgan fingerprint density at radius 2 is 1.88 bits per heavy atom. The summed E-state index contributed by atoms with van der Waals surface area (Å²) in [6.07, 6.45) is 1.30. The van der Waals surface area contributed by atoms with Crippen LogP contribution in [0.2, 0.25) is 5.15 Å². The lowest BCUT2D eigenvalue weighted by molar-refractivity contribution is 0.511. The summed E-state index contributed by atoms with van der Waals surface area (Å²) in [5.74, 6) is -1.76. The van der Waals surface area contributed by atoms with Crippen LogP contribution >= 0.6 is 22.9 Å². The molecule has 0 aliphatic rings. The summed E-state index contributed by atoms with van der Waals surface area (Å²) in [6, 6.07) is 2.28. The van der Waals surface area contributed by atoms with Gasteiger partial charge in [0.15, 0.2) is 11.6 Å². The van der Waals surface area contributed by atoms with E-state index >= 15 is 0 Å². The summed E-state index contributed by atoms with van der Waals surface area (Å²) < 4.78 is 27.4. The minimum absolute atomic E-state index is 0.298. The van der Waals surface area contributed by atoms with Crippen molar-refractivity contribution in [3.05, 3.63) is 35.2 Å². The third kappa shape index (κ3) is 1.28. The number of benzene rings is 1. The molecule has 0 fully saturated rings. The lowest BCUT2D eigenvalue weighted by Gasteiger charge is -1.93. The Morgan fingerprint density at radius 3 is 2.69 bits per heavy atom. The summed E-state index contributed by atoms with van der Waals surface area (Å²) in [7, 11) is 0. The lowest BCUT2D eigenvalue weighted by Crippen LogP contribution is -1.82. The van der Waals surface area contributed by atoms with E-state index in [0.717, 1.165) is 12.1 Å². The quantitative estimate of drug-likeness (QED) is 0.572. The number of rotatable bonds is 0. The molecule has 6 heteroatoms. The maximum absolute atomic E-state index is 13.1. The molecule has 0 atom stereocenters. The number of thiophene rings is 1. The van der Waals surface area contributed by atoms with Gasteiger partial charge in [-0.15, -0.1) is 11.3 Å². The Kier molecular flexibility index (Phi) is 2.05. The molecule has 16 heavy (non-hydrogen) atoms. The van der Waals surface area contributed by atoms with Gasteiger partial charge in [0.05, 0.1) is 10.2 Å². The van der Waals surface area contributed by atoms with Crippen LogP contribution in [0, 0.1) is 11.6 Å². The van der Waals surface area contributed by atoms with Crippen LogP contribution < -0.4 is 0 Å². The van der Waals surface area contributed by atoms with E-state index in [1.54, 1.807) is 0 Å². The third-order valence-electron chi connectivity index (χ3n) is 2.25. The van der Waals surface area contributed by atoms with E-state index in [9.17, 15) is 8.78 Å². The zero-order valence-corrected chi connectivity index (χ0v) is 9.24. The second kappa shape index (κ2) is 3.33. The average molecular weight is 257 g/mol. The normalized spacial score (nSPS) is 11.4. The van der Waals surface area contributed by atoms with E-state index in [-0.39, 0.29) is 0 Å². The van der Waals surface area contributed by atoms with Crippen molar-refractivity contribution in [1.29, 1.82) is 0 Å². The van der Waals surface area contributed by atoms with Gasteiger partial charge in [-0.05, 0) is 12.1 Å². The molecule has 0 bridgehead atoms. The first kappa shape index (κ1) is 9.86. The molecule has 80 valence electrons. The van der Waals surface area contributed by atoms with Gasteiger partial charge in [0.2, 0.25) is 0 Å². The van der Waals surface area contributed by atoms with E-state index in [1.165, 1.54) is 17.7 Å². The zero-order chi connectivity index (χ0) is 11.3. The highest BCUT2D eigenvalue weighted by Crippen LogP contribution is 2.36. The minimum atomic E-state index is -0.887. The minimum Gasteiger partial charge on any atom is -0.235 e. The fraction of sp³-hybridized carbons (Fsp3) is 0. The predicted molar refractivity (Wildman–Crippen MR) is 59.8 cm³/mol. The Labute approximate surface area is 97.5 Å². The molecule has 0 aliphatic carbocycles. The summed E-state index contributed by atoms with van der Waals surface area (Å²) in [5.41, 5.74) is 0.555. The molecular weight excluding hydrogens is 254 g/mol. The molecule has 0 saturated heterocycles. The first-order valence-electron chi connectivity index (χ1n) is 4.34. The molecule has 0 aliphatic heterocycles. The summed E-state index contributed by atoms with van der Waals surface area (Å²) in [5, 5.41) is 0.857. The van der Waals surface area contributed by atoms with Crippen molar-refractivity contribution < 1.29 is 8.78 Å². The van der Waals surface area contributed by atoms with Crippen LogP contribution in [-0.4, -0.2) is 9.97 Å². The zero-order valence-electron chi connectivity index (χ0n) is 7.67. The van der Waals surface area contributed by atoms with E-state index in [2.05, 4.69) is 9.97 Å². The molecule has 0 amide bonds. The molecule has 0 N–H and O–H groups in total. The largest absolute Gasteiger partial charge is 0.235 e. The van der Waals surface area contributed by atoms with Gasteiger partial charge in [-0.2, -0.15) is 0 Å². The number of hydrogen-bond donors (Lipinski definition) is 0. The molecule has 2 aromatic heterocycles. The number of aromatic nitrogens is 2. The van der Waals surface area contributed by atoms with Gasteiger partial charge in [0, 0.05) is 10.1 Å². The maximum atomic E-state index is 13.1. The van der Waals surface area contributed by atoms with Gasteiger partial charge in [-0.25, -0.2) is 18.7 Å². The first-order valence-corrected chi connectivity index (χ1v) is 5.54. The molecule has 2 heterocycles. The molecule has 0 radical (unpaired) electrons. The van der Waals surface area contributed by atoms with Crippen LogP contribution in [0.1, 0.15) is 0 Å². The van der Waals surface area contributed by atoms with E-state index in [4.69, 9.17) is 11.6 Å². The molecule has 1 aromatic carbocycles. The van der Waals surface area contributed by atoms with Gasteiger partial charge < -0.3 is 0 Å². The van der Waals surface area contributed by atoms with Crippen molar-refractivity contribution >= 4 is 43.2 Å². The fourth-order valence-electron chi connectivity index (χ4n) is 1.54. The van der Waals surface area contributed by atoms with Crippen LogP contribution in [0.25, 0.3) is 20.3 Å². The highest BCUT2D eigenvalue weighted by Gasteiger charge is 2.13. The van der Waals surface area contributed by atoms with Crippen molar-refractivity contribution in [3.63, 3.8) is 0 Å². The number of nitrogens with zero attached hydrogens (tertiary/aromatic N) is 2. The Balaban J connectivity index is 2.56. The van der Waals surface area contributed by atoms with Gasteiger partial charge in [-0.3, -0.25) is 0 Å². The monoisotopic (exact) mass is 256 g/mol. The molecular formula is C10H3ClF2N2S. The molecule has 3 rings (SSSR count). The summed E-state index contributed by atoms with van der Waals surface area (Å²) >= 11 is 7.13. The van der Waals surface area contributed by atoms with Crippen molar-refractivity contribution in [2.45, 2.75) is 0 Å². The number of fused-ring (bicyclic) bond motifs is 3. The SMILES string of the molecule is Fc1cc2sc3c(Cl)ncnc3c2cc1F. The van der Waals surface area contributed by atoms with Gasteiger partial charge in [0.1, 0.15) is 11.5 Å². The molecule has 0 saturated carbocycles. The van der Waals surface area contributed by atoms with Crippen LogP contribution in [0.3, 0.4) is 0 Å². The van der Waals surface area contributed by atoms with E-state index < -0.39 is 11.6 Å². The third-order valence-corrected chi connectivity index (χ3v) is 3.80. The summed E-state index contributed by atoms with van der Waals surface area (Å²) in [4.78, 5) is 7.85. The van der Waals surface area contributed by atoms with Crippen molar-refractivity contribution in [2.75, 3.05) is 0 Å². The van der Waals surface area contributed by atoms with Gasteiger partial charge >= 0.3 is 0 Å². The smallest absolute Gasteiger partial charge is 0.160 e. The Hall–Kier alpha value is -1.33. The lowest BCUT2D eigenvalue weighted by atomic mass is 10.2. The van der Waals surface area contributed by atoms with E-state index in [0.29, 0.717) is 25.5 Å². The highest BCUT2D eigenvalue weighted by molar-refractivity contribution is 7.26. The standard InChI is InChI=1S/C10H3ClF2N2S/c11-10-9-8(14-3-15-10)4-1-5(12)6(13)2-7(4)16-9/h1-3H. The van der Waals surface area contributed by atoms with Crippen molar-refractivity contribution in [3.8, 4) is 0 Å². The predicted octanol–water partition coefficient (Wildman–Crippen LogP) is 3.78. The van der Waals surface area contributed by atoms with Gasteiger partial charge in [0.25, 0.3) is 0 Å². The second-order valence-electron chi connectivity index (χ2n) is 3.21. The van der Waals surface area contributed by atoms with E-state index in [1.807, 2.05) is 0 Å². The molecule has 0 spiro atoms. The number of hydrogen-bond acceptors (Lipinski definition) is 3. The number of halogens is 3. The molecule has 0 unspecified atom stereocenters. The molecule has 2 nitrogen and oxygen atoms in total. The van der Waals surface area contributed by atoms with Crippen molar-refractivity contribution in [1.82, 2.24) is 9.97 Å². The van der Waals surface area contributed by atoms with Crippen molar-refractivity contribution in [2.24, 2.45) is 0 Å². The summed E-state index contributed by atoms with van der Waals surface area (Å²) in [6.45, 7) is 0. The second-order valence-corrected chi connectivity index (χ2v) is 4.62. The molecule has 3 aromatic rings. The average Bonchev–Trinajstić information content (AvgIpc) is 2.59.